The molecule has 0 bridgehead atoms. The first-order valence-corrected chi connectivity index (χ1v) is 10.3. The Kier molecular flexibility index (Phi) is 5.38. The van der Waals surface area contributed by atoms with Gasteiger partial charge in [-0.2, -0.15) is 0 Å². The number of piperidine rings is 1. The quantitative estimate of drug-likeness (QED) is 0.875. The Balaban J connectivity index is 1.34. The predicted octanol–water partition coefficient (Wildman–Crippen LogP) is 2.22. The number of nitrogens with zero attached hydrogens (tertiary/aromatic N) is 4. The van der Waals surface area contributed by atoms with E-state index < -0.39 is 0 Å². The first kappa shape index (κ1) is 17.7. The van der Waals surface area contributed by atoms with E-state index in [0.717, 1.165) is 57.9 Å². The van der Waals surface area contributed by atoms with E-state index in [1.165, 1.54) is 32.1 Å². The molecule has 1 saturated carbocycles. The second kappa shape index (κ2) is 7.91. The Morgan fingerprint density at radius 3 is 2.54 bits per heavy atom. The molecule has 4 rings (SSSR count). The minimum Gasteiger partial charge on any atom is -0.354 e. The predicted molar refractivity (Wildman–Crippen MR) is 102 cm³/mol. The highest BCUT2D eigenvalue weighted by Gasteiger charge is 2.46. The zero-order valence-corrected chi connectivity index (χ0v) is 15.7. The number of hydrogen-bond donors (Lipinski definition) is 1. The van der Waals surface area contributed by atoms with Gasteiger partial charge in [0.1, 0.15) is 5.54 Å². The second-order valence-corrected chi connectivity index (χ2v) is 8.15. The van der Waals surface area contributed by atoms with Gasteiger partial charge in [-0.3, -0.25) is 9.69 Å². The van der Waals surface area contributed by atoms with Crippen molar-refractivity contribution in [2.24, 2.45) is 5.92 Å². The molecule has 2 saturated heterocycles. The number of aromatic nitrogens is 2. The number of hydrogen-bond acceptors (Lipinski definition) is 5. The van der Waals surface area contributed by atoms with Gasteiger partial charge in [0.05, 0.1) is 0 Å². The molecule has 1 atom stereocenters. The number of rotatable bonds is 5. The van der Waals surface area contributed by atoms with Crippen molar-refractivity contribution in [3.63, 3.8) is 0 Å². The molecule has 1 aromatic heterocycles. The minimum atomic E-state index is -0.215. The van der Waals surface area contributed by atoms with Gasteiger partial charge in [0.2, 0.25) is 11.9 Å². The Bertz CT molecular complexity index is 595. The van der Waals surface area contributed by atoms with Crippen LogP contribution in [0.2, 0.25) is 0 Å². The fraction of sp³-hybridized carbons (Fsp3) is 0.750. The lowest BCUT2D eigenvalue weighted by molar-refractivity contribution is -0.133. The zero-order chi connectivity index (χ0) is 17.8. The van der Waals surface area contributed by atoms with Crippen molar-refractivity contribution in [3.8, 4) is 0 Å². The Hall–Kier alpha value is -1.69. The minimum absolute atomic E-state index is 0.215. The summed E-state index contributed by atoms with van der Waals surface area (Å²) in [4.78, 5) is 26.6. The van der Waals surface area contributed by atoms with Crippen LogP contribution in [0.25, 0.3) is 0 Å². The average molecular weight is 358 g/mol. The molecule has 1 amide bonds. The lowest BCUT2D eigenvalue weighted by atomic mass is 9.93. The fourth-order valence-corrected chi connectivity index (χ4v) is 5.06. The maximum absolute atomic E-state index is 13.2. The number of anilines is 1. The molecule has 0 radical (unpaired) electrons. The van der Waals surface area contributed by atoms with Crippen LogP contribution in [-0.2, 0) is 4.79 Å². The molecule has 3 heterocycles. The molecule has 1 unspecified atom stereocenters. The third-order valence-electron chi connectivity index (χ3n) is 6.47. The summed E-state index contributed by atoms with van der Waals surface area (Å²) in [6.45, 7) is 4.90. The van der Waals surface area contributed by atoms with Gasteiger partial charge in [0.25, 0.3) is 0 Å². The summed E-state index contributed by atoms with van der Waals surface area (Å²) >= 11 is 0. The maximum Gasteiger partial charge on any atom is 0.240 e. The standard InChI is InChI=1S/C20H31N5O/c26-18(20(8-1-2-9-20)25-13-3-4-14-25)23-15-17-7-5-12-24(16-17)19-21-10-6-11-22-19/h6,10-11,17H,1-5,7-9,12-16H2,(H,23,26). The van der Waals surface area contributed by atoms with E-state index in [-0.39, 0.29) is 11.4 Å². The van der Waals surface area contributed by atoms with Crippen LogP contribution in [0.5, 0.6) is 0 Å². The monoisotopic (exact) mass is 357 g/mol. The van der Waals surface area contributed by atoms with Crippen molar-refractivity contribution < 1.29 is 4.79 Å². The van der Waals surface area contributed by atoms with Gasteiger partial charge in [-0.15, -0.1) is 0 Å². The molecule has 2 aliphatic heterocycles. The number of carbonyl (C=O) groups excluding carboxylic acids is 1. The highest BCUT2D eigenvalue weighted by atomic mass is 16.2. The van der Waals surface area contributed by atoms with Crippen LogP contribution >= 0.6 is 0 Å². The molecular weight excluding hydrogens is 326 g/mol. The molecule has 0 aromatic carbocycles. The van der Waals surface area contributed by atoms with E-state index in [4.69, 9.17) is 0 Å². The van der Waals surface area contributed by atoms with E-state index in [0.29, 0.717) is 5.92 Å². The van der Waals surface area contributed by atoms with Crippen LogP contribution in [0.3, 0.4) is 0 Å². The molecule has 6 heteroatoms. The van der Waals surface area contributed by atoms with Crippen molar-refractivity contribution in [2.45, 2.75) is 56.9 Å². The highest BCUT2D eigenvalue weighted by molar-refractivity contribution is 5.86. The van der Waals surface area contributed by atoms with Crippen LogP contribution in [-0.4, -0.2) is 59.0 Å². The van der Waals surface area contributed by atoms with Crippen molar-refractivity contribution in [2.75, 3.05) is 37.6 Å². The van der Waals surface area contributed by atoms with Crippen LogP contribution in [0.15, 0.2) is 18.5 Å². The van der Waals surface area contributed by atoms with Crippen molar-refractivity contribution in [1.82, 2.24) is 20.2 Å². The number of carbonyl (C=O) groups is 1. The van der Waals surface area contributed by atoms with E-state index >= 15 is 0 Å². The Morgan fingerprint density at radius 2 is 1.81 bits per heavy atom. The smallest absolute Gasteiger partial charge is 0.240 e. The summed E-state index contributed by atoms with van der Waals surface area (Å²) in [5, 5.41) is 3.34. The van der Waals surface area contributed by atoms with E-state index in [9.17, 15) is 4.79 Å². The molecule has 3 fully saturated rings. The molecular formula is C20H31N5O. The molecule has 142 valence electrons. The van der Waals surface area contributed by atoms with E-state index in [1.54, 1.807) is 12.4 Å². The van der Waals surface area contributed by atoms with Crippen LogP contribution in [0.1, 0.15) is 51.4 Å². The zero-order valence-electron chi connectivity index (χ0n) is 15.7. The van der Waals surface area contributed by atoms with E-state index in [1.807, 2.05) is 6.07 Å². The van der Waals surface area contributed by atoms with Gasteiger partial charge < -0.3 is 10.2 Å². The summed E-state index contributed by atoms with van der Waals surface area (Å²) < 4.78 is 0. The number of nitrogens with one attached hydrogen (secondary N) is 1. The molecule has 0 spiro atoms. The largest absolute Gasteiger partial charge is 0.354 e. The van der Waals surface area contributed by atoms with Crippen molar-refractivity contribution >= 4 is 11.9 Å². The lowest BCUT2D eigenvalue weighted by Gasteiger charge is -2.38. The van der Waals surface area contributed by atoms with Crippen molar-refractivity contribution in [1.29, 1.82) is 0 Å². The molecule has 1 aliphatic carbocycles. The van der Waals surface area contributed by atoms with E-state index in [2.05, 4.69) is 25.1 Å². The first-order chi connectivity index (χ1) is 12.8. The topological polar surface area (TPSA) is 61.4 Å². The third-order valence-corrected chi connectivity index (χ3v) is 6.47. The summed E-state index contributed by atoms with van der Waals surface area (Å²) in [5.74, 6) is 1.58. The summed E-state index contributed by atoms with van der Waals surface area (Å²) in [6, 6.07) is 1.85. The Labute approximate surface area is 156 Å². The molecule has 1 N–H and O–H groups in total. The molecule has 26 heavy (non-hydrogen) atoms. The Morgan fingerprint density at radius 1 is 1.08 bits per heavy atom. The first-order valence-electron chi connectivity index (χ1n) is 10.3. The summed E-state index contributed by atoms with van der Waals surface area (Å²) in [7, 11) is 0. The van der Waals surface area contributed by atoms with Gasteiger partial charge in [-0.25, -0.2) is 9.97 Å². The molecule has 1 aromatic rings. The highest BCUT2D eigenvalue weighted by Crippen LogP contribution is 2.37. The average Bonchev–Trinajstić information content (AvgIpc) is 3.39. The third kappa shape index (κ3) is 3.56. The fourth-order valence-electron chi connectivity index (χ4n) is 5.06. The maximum atomic E-state index is 13.2. The van der Waals surface area contributed by atoms with Crippen LogP contribution in [0.4, 0.5) is 5.95 Å². The number of likely N-dealkylation sites (tertiary alicyclic amines) is 1. The van der Waals surface area contributed by atoms with Crippen LogP contribution in [0, 0.1) is 5.92 Å². The SMILES string of the molecule is O=C(NCC1CCCN(c2ncccn2)C1)C1(N2CCCC2)CCCC1. The van der Waals surface area contributed by atoms with Gasteiger partial charge in [-0.1, -0.05) is 12.8 Å². The lowest BCUT2D eigenvalue weighted by Crippen LogP contribution is -2.57. The van der Waals surface area contributed by atoms with Gasteiger partial charge >= 0.3 is 0 Å². The normalized spacial score (nSPS) is 26.2. The van der Waals surface area contributed by atoms with Gasteiger partial charge in [-0.05, 0) is 63.6 Å². The summed E-state index contributed by atoms with van der Waals surface area (Å²) in [5.41, 5.74) is -0.215. The molecule has 6 nitrogen and oxygen atoms in total. The van der Waals surface area contributed by atoms with Gasteiger partial charge in [0, 0.05) is 32.0 Å². The van der Waals surface area contributed by atoms with Crippen molar-refractivity contribution in [3.05, 3.63) is 18.5 Å². The van der Waals surface area contributed by atoms with Crippen LogP contribution < -0.4 is 10.2 Å². The van der Waals surface area contributed by atoms with Gasteiger partial charge in [0.15, 0.2) is 0 Å². The molecule has 3 aliphatic rings. The second-order valence-electron chi connectivity index (χ2n) is 8.15. The summed E-state index contributed by atoms with van der Waals surface area (Å²) in [6.07, 6.45) is 12.8. The number of amides is 1.